The molecule has 1 aromatic heterocycles. The van der Waals surface area contributed by atoms with Crippen LogP contribution in [-0.2, 0) is 10.2 Å². The molecule has 3 atom stereocenters. The number of carbonyl (C=O) groups is 2. The first-order valence-corrected chi connectivity index (χ1v) is 15.7. The number of phenols is 2. The summed E-state index contributed by atoms with van der Waals surface area (Å²) < 4.78 is 6.44. The van der Waals surface area contributed by atoms with Crippen molar-refractivity contribution in [1.29, 1.82) is 0 Å². The van der Waals surface area contributed by atoms with Gasteiger partial charge in [-0.3, -0.25) is 14.4 Å². The highest BCUT2D eigenvalue weighted by atomic mass is 16.3. The number of benzene rings is 1. The Morgan fingerprint density at radius 1 is 0.864 bits per heavy atom. The summed E-state index contributed by atoms with van der Waals surface area (Å²) >= 11 is 0. The Bertz CT molecular complexity index is 1680. The second kappa shape index (κ2) is 12.0. The van der Waals surface area contributed by atoms with E-state index in [-0.39, 0.29) is 46.8 Å². The Kier molecular flexibility index (Phi) is 9.08. The van der Waals surface area contributed by atoms with Gasteiger partial charge in [0.15, 0.2) is 23.1 Å². The number of hydrogen-bond acceptors (Lipinski definition) is 6. The third-order valence-electron chi connectivity index (χ3n) is 10.1. The first kappa shape index (κ1) is 33.2. The van der Waals surface area contributed by atoms with E-state index in [9.17, 15) is 19.8 Å². The molecule has 0 spiro atoms. The summed E-state index contributed by atoms with van der Waals surface area (Å²) in [5.74, 6) is -1.61. The van der Waals surface area contributed by atoms with Crippen LogP contribution in [0, 0.1) is 16.7 Å². The smallest absolute Gasteiger partial charge is 0.204 e. The van der Waals surface area contributed by atoms with Gasteiger partial charge in [0.25, 0.3) is 0 Å². The first-order valence-electron chi connectivity index (χ1n) is 15.7. The molecule has 1 saturated carbocycles. The molecule has 0 aliphatic heterocycles. The van der Waals surface area contributed by atoms with Gasteiger partial charge in [-0.2, -0.15) is 0 Å². The fourth-order valence-corrected chi connectivity index (χ4v) is 7.24. The summed E-state index contributed by atoms with van der Waals surface area (Å²) in [5, 5.41) is 20.5. The molecule has 2 aromatic rings. The Balaban J connectivity index is 2.06. The molecular formula is C38H48O6. The zero-order valence-corrected chi connectivity index (χ0v) is 27.8. The van der Waals surface area contributed by atoms with E-state index in [4.69, 9.17) is 4.42 Å². The molecule has 6 nitrogen and oxygen atoms in total. The van der Waals surface area contributed by atoms with Crippen LogP contribution < -0.4 is 5.43 Å². The Morgan fingerprint density at radius 3 is 2.07 bits per heavy atom. The first-order chi connectivity index (χ1) is 20.5. The molecule has 6 heteroatoms. The molecular weight excluding hydrogens is 552 g/mol. The highest BCUT2D eigenvalue weighted by Gasteiger charge is 2.72. The number of carbonyl (C=O) groups excluding carboxylic acids is 2. The second-order valence-electron chi connectivity index (χ2n) is 14.3. The minimum atomic E-state index is -1.43. The van der Waals surface area contributed by atoms with Gasteiger partial charge in [0, 0.05) is 6.07 Å². The summed E-state index contributed by atoms with van der Waals surface area (Å²) in [7, 11) is 0. The van der Waals surface area contributed by atoms with E-state index >= 15 is 4.79 Å². The molecule has 2 bridgehead atoms. The van der Waals surface area contributed by atoms with Gasteiger partial charge in [-0.25, -0.2) is 0 Å². The van der Waals surface area contributed by atoms with Crippen molar-refractivity contribution in [2.45, 2.75) is 106 Å². The Hall–Kier alpha value is -3.67. The van der Waals surface area contributed by atoms with Crippen molar-refractivity contribution < 1.29 is 24.2 Å². The fraction of sp³-hybridized carbons (Fsp3) is 0.500. The van der Waals surface area contributed by atoms with Crippen molar-refractivity contribution in [2.24, 2.45) is 16.7 Å². The number of phenolic OH excluding ortho intramolecular Hbond substituents is 2. The lowest BCUT2D eigenvalue weighted by Crippen LogP contribution is -2.68. The van der Waals surface area contributed by atoms with E-state index < -0.39 is 39.0 Å². The zero-order chi connectivity index (χ0) is 32.8. The van der Waals surface area contributed by atoms with Crippen LogP contribution in [0.5, 0.6) is 11.5 Å². The number of rotatable bonds is 9. The van der Waals surface area contributed by atoms with E-state index in [0.717, 1.165) is 30.1 Å². The molecule has 2 aliphatic rings. The molecule has 236 valence electrons. The molecule has 1 fully saturated rings. The molecule has 2 aliphatic carbocycles. The summed E-state index contributed by atoms with van der Waals surface area (Å²) in [6.07, 6.45) is 11.8. The van der Waals surface area contributed by atoms with Gasteiger partial charge in [-0.15, -0.1) is 0 Å². The molecule has 0 amide bonds. The lowest BCUT2D eigenvalue weighted by molar-refractivity contribution is -0.151. The Labute approximate surface area is 261 Å². The fourth-order valence-electron chi connectivity index (χ4n) is 7.24. The average Bonchev–Trinajstić information content (AvgIpc) is 2.92. The minimum Gasteiger partial charge on any atom is -0.504 e. The SMILES string of the molecule is CC(C)=CCCC(C)=CCC1CC2(CC=C(C)C)C(=O)c3c(oc4cc(O)c(O)cc4c3=O)C(CC=C(C)C)(C2=O)C1(C)C. The molecule has 1 aromatic carbocycles. The quantitative estimate of drug-likeness (QED) is 0.169. The molecule has 1 heterocycles. The maximum atomic E-state index is 15.2. The van der Waals surface area contributed by atoms with Gasteiger partial charge in [0.2, 0.25) is 5.43 Å². The van der Waals surface area contributed by atoms with E-state index in [1.807, 2.05) is 39.8 Å². The van der Waals surface area contributed by atoms with Gasteiger partial charge >= 0.3 is 0 Å². The lowest BCUT2D eigenvalue weighted by Gasteiger charge is -2.60. The summed E-state index contributed by atoms with van der Waals surface area (Å²) in [6.45, 7) is 18.3. The number of ketones is 2. The minimum absolute atomic E-state index is 0.00108. The topological polar surface area (TPSA) is 105 Å². The Morgan fingerprint density at radius 2 is 1.45 bits per heavy atom. The number of allylic oxidation sites excluding steroid dienone is 8. The van der Waals surface area contributed by atoms with Crippen LogP contribution in [0.1, 0.15) is 117 Å². The normalized spacial score (nSPS) is 24.1. The molecule has 0 saturated heterocycles. The van der Waals surface area contributed by atoms with Gasteiger partial charge in [0.05, 0.1) is 16.2 Å². The molecule has 4 rings (SSSR count). The molecule has 2 N–H and O–H groups in total. The number of fused-ring (bicyclic) bond motifs is 5. The predicted octanol–water partition coefficient (Wildman–Crippen LogP) is 9.04. The lowest BCUT2D eigenvalue weighted by atomic mass is 9.40. The van der Waals surface area contributed by atoms with Crippen LogP contribution in [0.3, 0.4) is 0 Å². The second-order valence-corrected chi connectivity index (χ2v) is 14.3. The van der Waals surface area contributed by atoms with E-state index in [1.54, 1.807) is 0 Å². The van der Waals surface area contributed by atoms with E-state index in [0.29, 0.717) is 12.8 Å². The van der Waals surface area contributed by atoms with Gasteiger partial charge in [-0.1, -0.05) is 60.4 Å². The van der Waals surface area contributed by atoms with Crippen LogP contribution in [0.2, 0.25) is 0 Å². The molecule has 3 unspecified atom stereocenters. The number of hydrogen-bond donors (Lipinski definition) is 2. The monoisotopic (exact) mass is 600 g/mol. The molecule has 44 heavy (non-hydrogen) atoms. The van der Waals surface area contributed by atoms with Crippen molar-refractivity contribution in [3.8, 4) is 11.5 Å². The largest absolute Gasteiger partial charge is 0.504 e. The van der Waals surface area contributed by atoms with Gasteiger partial charge in [0.1, 0.15) is 16.9 Å². The highest BCUT2D eigenvalue weighted by Crippen LogP contribution is 2.65. The van der Waals surface area contributed by atoms with Gasteiger partial charge in [-0.05, 0) is 104 Å². The van der Waals surface area contributed by atoms with Crippen LogP contribution in [0.25, 0.3) is 11.0 Å². The van der Waals surface area contributed by atoms with Crippen LogP contribution in [0.15, 0.2) is 67.9 Å². The predicted molar refractivity (Wildman–Crippen MR) is 176 cm³/mol. The van der Waals surface area contributed by atoms with Crippen LogP contribution in [0.4, 0.5) is 0 Å². The summed E-state index contributed by atoms with van der Waals surface area (Å²) in [5.41, 5.74) is 0.452. The van der Waals surface area contributed by atoms with Crippen molar-refractivity contribution in [2.75, 3.05) is 0 Å². The highest BCUT2D eigenvalue weighted by molar-refractivity contribution is 6.23. The van der Waals surface area contributed by atoms with E-state index in [1.165, 1.54) is 17.2 Å². The van der Waals surface area contributed by atoms with Crippen molar-refractivity contribution >= 4 is 22.5 Å². The van der Waals surface area contributed by atoms with E-state index in [2.05, 4.69) is 46.8 Å². The van der Waals surface area contributed by atoms with Crippen molar-refractivity contribution in [3.63, 3.8) is 0 Å². The summed E-state index contributed by atoms with van der Waals surface area (Å²) in [6, 6.07) is 2.32. The molecule has 0 radical (unpaired) electrons. The van der Waals surface area contributed by atoms with Crippen molar-refractivity contribution in [3.05, 3.63) is 80.3 Å². The summed E-state index contributed by atoms with van der Waals surface area (Å²) in [4.78, 5) is 44.1. The third-order valence-corrected chi connectivity index (χ3v) is 10.1. The maximum Gasteiger partial charge on any atom is 0.204 e. The van der Waals surface area contributed by atoms with Gasteiger partial charge < -0.3 is 14.6 Å². The average molecular weight is 601 g/mol. The van der Waals surface area contributed by atoms with Crippen LogP contribution in [-0.4, -0.2) is 21.8 Å². The number of aromatic hydroxyl groups is 2. The van der Waals surface area contributed by atoms with Crippen LogP contribution >= 0.6 is 0 Å². The van der Waals surface area contributed by atoms with Crippen molar-refractivity contribution in [1.82, 2.24) is 0 Å². The third kappa shape index (κ3) is 5.41. The number of Topliss-reactive ketones (excluding diaryl/α,β-unsaturated/α-hetero) is 2. The standard InChI is InChI=1S/C38H48O6/c1-22(2)11-10-12-25(7)13-14-26-21-37(17-15-23(3)4)33(42)31-32(41)27-19-28(39)29(40)20-30(27)44-34(31)38(35(37)43,36(26,8)9)18-16-24(5)6/h11,13,15-16,19-20,26,39-40H,10,12,14,17-18,21H2,1-9H3. The maximum absolute atomic E-state index is 15.2. The zero-order valence-electron chi connectivity index (χ0n) is 27.8.